The van der Waals surface area contributed by atoms with Crippen molar-refractivity contribution in [1.82, 2.24) is 0 Å². The summed E-state index contributed by atoms with van der Waals surface area (Å²) in [6, 6.07) is 13.9. The average molecular weight is 297 g/mol. The van der Waals surface area contributed by atoms with Crippen LogP contribution >= 0.6 is 0 Å². The quantitative estimate of drug-likeness (QED) is 0.864. The van der Waals surface area contributed by atoms with E-state index in [0.717, 1.165) is 23.4 Å². The molecule has 2 rings (SSSR count). The lowest BCUT2D eigenvalue weighted by Gasteiger charge is -2.11. The predicted octanol–water partition coefficient (Wildman–Crippen LogP) is 4.27. The summed E-state index contributed by atoms with van der Waals surface area (Å²) in [6.45, 7) is 6.54. The summed E-state index contributed by atoms with van der Waals surface area (Å²) < 4.78 is 5.61. The number of carbonyl (C=O) groups is 1. The zero-order valence-corrected chi connectivity index (χ0v) is 13.5. The van der Waals surface area contributed by atoms with E-state index in [2.05, 4.69) is 12.2 Å². The largest absolute Gasteiger partial charge is 0.493 e. The van der Waals surface area contributed by atoms with Gasteiger partial charge in [-0.15, -0.1) is 0 Å². The molecule has 22 heavy (non-hydrogen) atoms. The average Bonchev–Trinajstić information content (AvgIpc) is 2.52. The summed E-state index contributed by atoms with van der Waals surface area (Å²) >= 11 is 0. The zero-order valence-electron chi connectivity index (χ0n) is 13.5. The van der Waals surface area contributed by atoms with E-state index in [4.69, 9.17) is 4.74 Å². The molecule has 0 radical (unpaired) electrons. The van der Waals surface area contributed by atoms with Crippen LogP contribution in [0, 0.1) is 13.8 Å². The Hall–Kier alpha value is -2.29. The molecular formula is C19H23NO2. The van der Waals surface area contributed by atoms with Crippen LogP contribution in [0.1, 0.15) is 30.0 Å². The van der Waals surface area contributed by atoms with Crippen LogP contribution in [0.2, 0.25) is 0 Å². The smallest absolute Gasteiger partial charge is 0.227 e. The predicted molar refractivity (Wildman–Crippen MR) is 90.5 cm³/mol. The highest BCUT2D eigenvalue weighted by molar-refractivity contribution is 5.91. The first-order valence-electron chi connectivity index (χ1n) is 7.68. The summed E-state index contributed by atoms with van der Waals surface area (Å²) in [4.78, 5) is 12.0. The van der Waals surface area contributed by atoms with Gasteiger partial charge < -0.3 is 10.1 Å². The van der Waals surface area contributed by atoms with Crippen LogP contribution in [0.3, 0.4) is 0 Å². The van der Waals surface area contributed by atoms with Gasteiger partial charge in [0.1, 0.15) is 5.75 Å². The molecule has 0 aliphatic carbocycles. The highest BCUT2D eigenvalue weighted by atomic mass is 16.5. The standard InChI is InChI=1S/C19H23NO2/c1-4-16-8-10-17(11-9-16)22-13-12-19(21)20-18-7-5-6-14(2)15(18)3/h5-11H,4,12-13H2,1-3H3,(H,20,21). The first-order chi connectivity index (χ1) is 10.6. The van der Waals surface area contributed by atoms with E-state index in [1.165, 1.54) is 11.1 Å². The molecule has 1 amide bonds. The molecule has 0 spiro atoms. The third kappa shape index (κ3) is 4.35. The van der Waals surface area contributed by atoms with Crippen LogP contribution in [-0.2, 0) is 11.2 Å². The topological polar surface area (TPSA) is 38.3 Å². The number of rotatable bonds is 6. The number of hydrogen-bond donors (Lipinski definition) is 1. The minimum atomic E-state index is -0.0288. The summed E-state index contributed by atoms with van der Waals surface area (Å²) in [5.74, 6) is 0.774. The Balaban J connectivity index is 1.81. The lowest BCUT2D eigenvalue weighted by Crippen LogP contribution is -2.16. The summed E-state index contributed by atoms with van der Waals surface area (Å²) in [6.07, 6.45) is 1.35. The Morgan fingerprint density at radius 1 is 1.09 bits per heavy atom. The summed E-state index contributed by atoms with van der Waals surface area (Å²) in [5.41, 5.74) is 4.43. The molecule has 0 heterocycles. The molecule has 2 aromatic rings. The molecular weight excluding hydrogens is 274 g/mol. The maximum atomic E-state index is 12.0. The Morgan fingerprint density at radius 3 is 2.50 bits per heavy atom. The van der Waals surface area contributed by atoms with E-state index >= 15 is 0 Å². The molecule has 3 nitrogen and oxygen atoms in total. The lowest BCUT2D eigenvalue weighted by molar-refractivity contribution is -0.116. The second-order valence-corrected chi connectivity index (χ2v) is 5.39. The van der Waals surface area contributed by atoms with Gasteiger partial charge in [-0.1, -0.05) is 31.2 Å². The second kappa shape index (κ2) is 7.64. The highest BCUT2D eigenvalue weighted by Gasteiger charge is 2.06. The van der Waals surface area contributed by atoms with Crippen LogP contribution in [0.5, 0.6) is 5.75 Å². The van der Waals surface area contributed by atoms with Gasteiger partial charge in [0.15, 0.2) is 0 Å². The SMILES string of the molecule is CCc1ccc(OCCC(=O)Nc2cccc(C)c2C)cc1. The lowest BCUT2D eigenvalue weighted by atomic mass is 10.1. The molecule has 0 atom stereocenters. The summed E-state index contributed by atoms with van der Waals surface area (Å²) in [5, 5.41) is 2.94. The van der Waals surface area contributed by atoms with E-state index in [1.807, 2.05) is 56.3 Å². The van der Waals surface area contributed by atoms with E-state index in [-0.39, 0.29) is 5.91 Å². The van der Waals surface area contributed by atoms with Gasteiger partial charge in [-0.3, -0.25) is 4.79 Å². The van der Waals surface area contributed by atoms with Crippen molar-refractivity contribution in [3.8, 4) is 5.75 Å². The number of carbonyl (C=O) groups excluding carboxylic acids is 1. The van der Waals surface area contributed by atoms with Crippen molar-refractivity contribution in [3.05, 3.63) is 59.2 Å². The van der Waals surface area contributed by atoms with Gasteiger partial charge in [-0.2, -0.15) is 0 Å². The molecule has 0 bridgehead atoms. The van der Waals surface area contributed by atoms with Crippen LogP contribution in [0.15, 0.2) is 42.5 Å². The fraction of sp³-hybridized carbons (Fsp3) is 0.316. The zero-order chi connectivity index (χ0) is 15.9. The van der Waals surface area contributed by atoms with E-state index in [1.54, 1.807) is 0 Å². The minimum absolute atomic E-state index is 0.0288. The van der Waals surface area contributed by atoms with Crippen molar-refractivity contribution in [2.45, 2.75) is 33.6 Å². The van der Waals surface area contributed by atoms with Gasteiger partial charge in [-0.25, -0.2) is 0 Å². The molecule has 0 aliphatic rings. The van der Waals surface area contributed by atoms with Crippen LogP contribution < -0.4 is 10.1 Å². The number of hydrogen-bond acceptors (Lipinski definition) is 2. The van der Waals surface area contributed by atoms with Gasteiger partial charge in [-0.05, 0) is 55.2 Å². The van der Waals surface area contributed by atoms with Crippen molar-refractivity contribution >= 4 is 11.6 Å². The normalized spacial score (nSPS) is 10.3. The maximum absolute atomic E-state index is 12.0. The van der Waals surface area contributed by atoms with Crippen LogP contribution in [-0.4, -0.2) is 12.5 Å². The third-order valence-corrected chi connectivity index (χ3v) is 3.81. The number of aryl methyl sites for hydroxylation is 2. The Kier molecular flexibility index (Phi) is 5.59. The molecule has 1 N–H and O–H groups in total. The monoisotopic (exact) mass is 297 g/mol. The number of anilines is 1. The van der Waals surface area contributed by atoms with Crippen molar-refractivity contribution in [2.75, 3.05) is 11.9 Å². The number of benzene rings is 2. The van der Waals surface area contributed by atoms with Crippen molar-refractivity contribution < 1.29 is 9.53 Å². The van der Waals surface area contributed by atoms with Crippen LogP contribution in [0.25, 0.3) is 0 Å². The molecule has 0 aliphatic heterocycles. The number of amides is 1. The van der Waals surface area contributed by atoms with E-state index in [9.17, 15) is 4.79 Å². The molecule has 0 saturated carbocycles. The molecule has 0 unspecified atom stereocenters. The Bertz CT molecular complexity index is 632. The fourth-order valence-corrected chi connectivity index (χ4v) is 2.18. The number of nitrogens with one attached hydrogen (secondary N) is 1. The number of ether oxygens (including phenoxy) is 1. The van der Waals surface area contributed by atoms with Crippen molar-refractivity contribution in [3.63, 3.8) is 0 Å². The van der Waals surface area contributed by atoms with Crippen molar-refractivity contribution in [1.29, 1.82) is 0 Å². The van der Waals surface area contributed by atoms with Gasteiger partial charge in [0, 0.05) is 5.69 Å². The molecule has 0 aromatic heterocycles. The van der Waals surface area contributed by atoms with Gasteiger partial charge in [0.25, 0.3) is 0 Å². The second-order valence-electron chi connectivity index (χ2n) is 5.39. The fourth-order valence-electron chi connectivity index (χ4n) is 2.18. The van der Waals surface area contributed by atoms with E-state index < -0.39 is 0 Å². The molecule has 0 fully saturated rings. The molecule has 3 heteroatoms. The van der Waals surface area contributed by atoms with Crippen molar-refractivity contribution in [2.24, 2.45) is 0 Å². The summed E-state index contributed by atoms with van der Waals surface area (Å²) in [7, 11) is 0. The van der Waals surface area contributed by atoms with Gasteiger partial charge in [0.05, 0.1) is 13.0 Å². The molecule has 0 saturated heterocycles. The molecule has 2 aromatic carbocycles. The Morgan fingerprint density at radius 2 is 1.82 bits per heavy atom. The molecule has 116 valence electrons. The Labute approximate surface area is 132 Å². The third-order valence-electron chi connectivity index (χ3n) is 3.81. The first-order valence-corrected chi connectivity index (χ1v) is 7.68. The van der Waals surface area contributed by atoms with E-state index in [0.29, 0.717) is 13.0 Å². The highest BCUT2D eigenvalue weighted by Crippen LogP contribution is 2.18. The maximum Gasteiger partial charge on any atom is 0.227 e. The van der Waals surface area contributed by atoms with Crippen LogP contribution in [0.4, 0.5) is 5.69 Å². The minimum Gasteiger partial charge on any atom is -0.493 e. The first kappa shape index (κ1) is 16.1. The van der Waals surface area contributed by atoms with Gasteiger partial charge >= 0.3 is 0 Å². The van der Waals surface area contributed by atoms with Gasteiger partial charge in [0.2, 0.25) is 5.91 Å².